The number of hydrogen-bond acceptors (Lipinski definition) is 5. The smallest absolute Gasteiger partial charge is 0.345 e. The molecule has 1 aliphatic carbocycles. The number of carbonyl (C=O) groups is 1. The minimum atomic E-state index is -1.07. The third-order valence-electron chi connectivity index (χ3n) is 3.62. The molecule has 0 saturated carbocycles. The minimum Gasteiger partial charge on any atom is -0.467 e. The zero-order valence-electron chi connectivity index (χ0n) is 11.7. The Morgan fingerprint density at radius 2 is 2.25 bits per heavy atom. The zero-order chi connectivity index (χ0) is 13.6. The van der Waals surface area contributed by atoms with E-state index in [1.165, 1.54) is 7.11 Å². The molecule has 0 spiro atoms. The molecule has 0 aromatic heterocycles. The molecular weight excluding hydrogens is 295 g/mol. The topological polar surface area (TPSA) is 51.1 Å². The quantitative estimate of drug-likeness (QED) is 0.729. The summed E-state index contributed by atoms with van der Waals surface area (Å²) in [5.41, 5.74) is 2.80. The molecule has 2 aliphatic rings. The Morgan fingerprint density at radius 1 is 1.50 bits per heavy atom. The Bertz CT molecular complexity index is 588. The van der Waals surface area contributed by atoms with Gasteiger partial charge in [0.25, 0.3) is 0 Å². The van der Waals surface area contributed by atoms with Gasteiger partial charge in [0.1, 0.15) is 12.4 Å². The van der Waals surface area contributed by atoms with E-state index in [1.807, 2.05) is 26.1 Å². The van der Waals surface area contributed by atoms with Crippen molar-refractivity contribution in [1.29, 1.82) is 0 Å². The van der Waals surface area contributed by atoms with E-state index < -0.39 is 5.60 Å². The van der Waals surface area contributed by atoms with Crippen LogP contribution in [0.1, 0.15) is 16.7 Å². The molecule has 0 saturated heterocycles. The Balaban J connectivity index is 0.00000147. The second kappa shape index (κ2) is 5.24. The Kier molecular flexibility index (Phi) is 3.96. The fraction of sp³-hybridized carbons (Fsp3) is 0.429. The first kappa shape index (κ1) is 15.1. The molecule has 3 rings (SSSR count). The summed E-state index contributed by atoms with van der Waals surface area (Å²) in [7, 11) is 3.20. The third-order valence-corrected chi connectivity index (χ3v) is 3.62. The third kappa shape index (κ3) is 2.06. The van der Waals surface area contributed by atoms with E-state index in [-0.39, 0.29) is 31.3 Å². The molecule has 5 nitrogen and oxygen atoms in total. The first-order chi connectivity index (χ1) is 9.06. The van der Waals surface area contributed by atoms with Crippen LogP contribution in [0.2, 0.25) is 0 Å². The Labute approximate surface area is 129 Å². The standard InChI is InChI=1S/C14H16N2O3.V/c1-9-4-5-11-10(6-9)7-14(13(17)18-3)12(11)15-16(2)8-19-14;/h4-6H,7-8H2,1-3H3;. The summed E-state index contributed by atoms with van der Waals surface area (Å²) in [6.07, 6.45) is 0.489. The van der Waals surface area contributed by atoms with Crippen LogP contribution in [-0.4, -0.2) is 43.2 Å². The van der Waals surface area contributed by atoms with Gasteiger partial charge in [-0.1, -0.05) is 23.8 Å². The summed E-state index contributed by atoms with van der Waals surface area (Å²) >= 11 is 0. The van der Waals surface area contributed by atoms with Gasteiger partial charge in [-0.2, -0.15) is 5.10 Å². The summed E-state index contributed by atoms with van der Waals surface area (Å²) in [5.74, 6) is -0.381. The van der Waals surface area contributed by atoms with Gasteiger partial charge >= 0.3 is 5.97 Å². The van der Waals surface area contributed by atoms with Crippen LogP contribution in [0.3, 0.4) is 0 Å². The maximum Gasteiger partial charge on any atom is 0.345 e. The molecule has 1 aromatic carbocycles. The van der Waals surface area contributed by atoms with Crippen LogP contribution in [0.25, 0.3) is 0 Å². The van der Waals surface area contributed by atoms with Crippen molar-refractivity contribution in [3.05, 3.63) is 34.9 Å². The largest absolute Gasteiger partial charge is 0.467 e. The van der Waals surface area contributed by atoms with Crippen LogP contribution < -0.4 is 0 Å². The molecule has 0 amide bonds. The van der Waals surface area contributed by atoms with E-state index in [9.17, 15) is 4.79 Å². The molecule has 1 atom stereocenters. The van der Waals surface area contributed by atoms with Gasteiger partial charge in [-0.25, -0.2) is 4.79 Å². The van der Waals surface area contributed by atoms with E-state index >= 15 is 0 Å². The molecule has 1 aromatic rings. The molecule has 1 heterocycles. The van der Waals surface area contributed by atoms with E-state index in [2.05, 4.69) is 11.2 Å². The van der Waals surface area contributed by atoms with Crippen LogP contribution in [0.5, 0.6) is 0 Å². The van der Waals surface area contributed by atoms with Gasteiger partial charge in [0.05, 0.1) is 7.11 Å². The summed E-state index contributed by atoms with van der Waals surface area (Å²) in [6.45, 7) is 2.31. The number of benzene rings is 1. The van der Waals surface area contributed by atoms with E-state index in [0.29, 0.717) is 12.1 Å². The second-order valence-electron chi connectivity index (χ2n) is 5.04. The first-order valence-corrected chi connectivity index (χ1v) is 6.19. The van der Waals surface area contributed by atoms with Crippen LogP contribution in [0.15, 0.2) is 23.3 Å². The number of fused-ring (bicyclic) bond motifs is 3. The van der Waals surface area contributed by atoms with Gasteiger partial charge in [0.15, 0.2) is 0 Å². The molecule has 6 heteroatoms. The zero-order valence-corrected chi connectivity index (χ0v) is 13.1. The van der Waals surface area contributed by atoms with Gasteiger partial charge in [0, 0.05) is 37.6 Å². The van der Waals surface area contributed by atoms with Crippen molar-refractivity contribution in [3.63, 3.8) is 0 Å². The molecule has 0 bridgehead atoms. The number of nitrogens with zero attached hydrogens (tertiary/aromatic N) is 2. The van der Waals surface area contributed by atoms with Gasteiger partial charge in [-0.05, 0) is 12.5 Å². The van der Waals surface area contributed by atoms with Gasteiger partial charge in [-0.15, -0.1) is 0 Å². The van der Waals surface area contributed by atoms with E-state index in [4.69, 9.17) is 9.47 Å². The molecule has 0 N–H and O–H groups in total. The summed E-state index contributed by atoms with van der Waals surface area (Å²) in [4.78, 5) is 12.2. The predicted octanol–water partition coefficient (Wildman–Crippen LogP) is 1.08. The number of ether oxygens (including phenoxy) is 2. The molecule has 0 fully saturated rings. The summed E-state index contributed by atoms with van der Waals surface area (Å²) < 4.78 is 10.7. The van der Waals surface area contributed by atoms with Gasteiger partial charge in [0.2, 0.25) is 5.60 Å². The number of aryl methyl sites for hydroxylation is 1. The Morgan fingerprint density at radius 3 is 2.95 bits per heavy atom. The molecular formula is C14H16N2O3V. The van der Waals surface area contributed by atoms with Crippen LogP contribution in [0, 0.1) is 6.92 Å². The van der Waals surface area contributed by atoms with Crippen molar-refractivity contribution in [2.75, 3.05) is 20.9 Å². The molecule has 20 heavy (non-hydrogen) atoms. The predicted molar refractivity (Wildman–Crippen MR) is 69.9 cm³/mol. The average Bonchev–Trinajstić information content (AvgIpc) is 2.71. The molecule has 105 valence electrons. The number of rotatable bonds is 1. The summed E-state index contributed by atoms with van der Waals surface area (Å²) in [6, 6.07) is 6.09. The van der Waals surface area contributed by atoms with Crippen molar-refractivity contribution in [1.82, 2.24) is 5.01 Å². The van der Waals surface area contributed by atoms with Crippen molar-refractivity contribution in [2.24, 2.45) is 5.10 Å². The van der Waals surface area contributed by atoms with Crippen LogP contribution in [0.4, 0.5) is 0 Å². The van der Waals surface area contributed by atoms with Crippen molar-refractivity contribution in [2.45, 2.75) is 18.9 Å². The average molecular weight is 311 g/mol. The minimum absolute atomic E-state index is 0. The van der Waals surface area contributed by atoms with Crippen LogP contribution >= 0.6 is 0 Å². The fourth-order valence-electron chi connectivity index (χ4n) is 2.72. The number of hydrazone groups is 1. The van der Waals surface area contributed by atoms with Gasteiger partial charge in [-0.3, -0.25) is 5.01 Å². The van der Waals surface area contributed by atoms with Crippen molar-refractivity contribution < 1.29 is 32.8 Å². The van der Waals surface area contributed by atoms with Crippen molar-refractivity contribution >= 4 is 11.7 Å². The van der Waals surface area contributed by atoms with E-state index in [1.54, 1.807) is 5.01 Å². The maximum atomic E-state index is 12.2. The number of hydrogen-bond donors (Lipinski definition) is 0. The van der Waals surface area contributed by atoms with Gasteiger partial charge < -0.3 is 9.47 Å². The maximum absolute atomic E-state index is 12.2. The number of methoxy groups -OCH3 is 1. The monoisotopic (exact) mass is 311 g/mol. The fourth-order valence-corrected chi connectivity index (χ4v) is 2.72. The summed E-state index contributed by atoms with van der Waals surface area (Å²) in [5, 5.41) is 6.17. The SMILES string of the molecule is COC(=O)C12Cc3cc(C)ccc3C1=NN(C)CO2.[V]. The number of esters is 1. The number of carbonyl (C=O) groups excluding carboxylic acids is 1. The van der Waals surface area contributed by atoms with Crippen molar-refractivity contribution in [3.8, 4) is 0 Å². The first-order valence-electron chi connectivity index (χ1n) is 6.19. The normalized spacial score (nSPS) is 23.4. The molecule has 1 aliphatic heterocycles. The Hall–Kier alpha value is -1.30. The van der Waals surface area contributed by atoms with E-state index in [0.717, 1.165) is 16.7 Å². The molecule has 1 radical (unpaired) electrons. The second-order valence-corrected chi connectivity index (χ2v) is 5.04. The molecule has 1 unspecified atom stereocenters. The van der Waals surface area contributed by atoms with Crippen LogP contribution in [-0.2, 0) is 39.2 Å².